The Hall–Kier alpha value is -1.49. The van der Waals surface area contributed by atoms with Crippen molar-refractivity contribution in [3.05, 3.63) is 17.3 Å². The molecule has 0 atom stereocenters. The van der Waals surface area contributed by atoms with E-state index in [1.54, 1.807) is 12.4 Å². The van der Waals surface area contributed by atoms with E-state index in [2.05, 4.69) is 15.3 Å². The van der Waals surface area contributed by atoms with Crippen LogP contribution in [0.1, 0.15) is 22.5 Å². The van der Waals surface area contributed by atoms with Gasteiger partial charge in [-0.15, -0.1) is 11.3 Å². The van der Waals surface area contributed by atoms with Gasteiger partial charge >= 0.3 is 0 Å². The third kappa shape index (κ3) is 1.78. The van der Waals surface area contributed by atoms with Crippen molar-refractivity contribution in [3.63, 3.8) is 0 Å². The maximum absolute atomic E-state index is 10.7. The second kappa shape index (κ2) is 3.83. The summed E-state index contributed by atoms with van der Waals surface area (Å²) in [6, 6.07) is 1.80. The van der Waals surface area contributed by atoms with E-state index in [0.717, 1.165) is 34.8 Å². The SMILES string of the molecule is O=Cc1cc2ncnc(NCC3CC3)c2s1. The molecule has 0 unspecified atom stereocenters. The van der Waals surface area contributed by atoms with E-state index in [1.807, 2.05) is 0 Å². The first-order valence-electron chi connectivity index (χ1n) is 5.30. The highest BCUT2D eigenvalue weighted by Crippen LogP contribution is 2.31. The van der Waals surface area contributed by atoms with Crippen LogP contribution in [0.5, 0.6) is 0 Å². The number of fused-ring (bicyclic) bond motifs is 1. The highest BCUT2D eigenvalue weighted by Gasteiger charge is 2.21. The molecule has 3 rings (SSSR count). The quantitative estimate of drug-likeness (QED) is 0.823. The van der Waals surface area contributed by atoms with E-state index in [1.165, 1.54) is 24.2 Å². The predicted molar refractivity (Wildman–Crippen MR) is 64.0 cm³/mol. The van der Waals surface area contributed by atoms with Crippen molar-refractivity contribution < 1.29 is 4.79 Å². The first kappa shape index (κ1) is 9.72. The molecule has 1 aliphatic carbocycles. The Balaban J connectivity index is 1.94. The number of nitrogens with zero attached hydrogens (tertiary/aromatic N) is 2. The van der Waals surface area contributed by atoms with E-state index in [0.29, 0.717) is 4.88 Å². The van der Waals surface area contributed by atoms with Gasteiger partial charge in [0, 0.05) is 6.54 Å². The number of carbonyl (C=O) groups is 1. The van der Waals surface area contributed by atoms with E-state index in [9.17, 15) is 4.79 Å². The van der Waals surface area contributed by atoms with Crippen molar-refractivity contribution in [3.8, 4) is 0 Å². The molecule has 2 aromatic rings. The van der Waals surface area contributed by atoms with Crippen LogP contribution in [0.3, 0.4) is 0 Å². The summed E-state index contributed by atoms with van der Waals surface area (Å²) in [4.78, 5) is 19.8. The lowest BCUT2D eigenvalue weighted by molar-refractivity contribution is 0.112. The Morgan fingerprint density at radius 2 is 2.38 bits per heavy atom. The molecular weight excluding hydrogens is 222 g/mol. The Bertz CT molecular complexity index is 533. The summed E-state index contributed by atoms with van der Waals surface area (Å²) in [5, 5.41) is 3.33. The molecule has 4 nitrogen and oxygen atoms in total. The van der Waals surface area contributed by atoms with Gasteiger partial charge in [0.05, 0.1) is 15.1 Å². The van der Waals surface area contributed by atoms with Gasteiger partial charge in [-0.25, -0.2) is 9.97 Å². The molecule has 82 valence electrons. The number of rotatable bonds is 4. The van der Waals surface area contributed by atoms with E-state index >= 15 is 0 Å². The van der Waals surface area contributed by atoms with Crippen LogP contribution in [0.25, 0.3) is 10.2 Å². The fourth-order valence-electron chi connectivity index (χ4n) is 1.62. The predicted octanol–water partition coefficient (Wildman–Crippen LogP) is 2.33. The van der Waals surface area contributed by atoms with Crippen molar-refractivity contribution in [2.45, 2.75) is 12.8 Å². The van der Waals surface area contributed by atoms with Crippen LogP contribution in [-0.2, 0) is 0 Å². The highest BCUT2D eigenvalue weighted by atomic mass is 32.1. The number of thiophene rings is 1. The Labute approximate surface area is 96.7 Å². The van der Waals surface area contributed by atoms with Crippen molar-refractivity contribution in [2.24, 2.45) is 5.92 Å². The smallest absolute Gasteiger partial charge is 0.160 e. The van der Waals surface area contributed by atoms with Crippen molar-refractivity contribution >= 4 is 33.7 Å². The molecule has 0 bridgehead atoms. The topological polar surface area (TPSA) is 54.9 Å². The number of aldehydes is 1. The minimum atomic E-state index is 0.699. The molecule has 1 fully saturated rings. The Morgan fingerprint density at radius 1 is 1.50 bits per heavy atom. The molecule has 0 aromatic carbocycles. The summed E-state index contributed by atoms with van der Waals surface area (Å²) >= 11 is 1.44. The van der Waals surface area contributed by atoms with Gasteiger partial charge in [-0.1, -0.05) is 0 Å². The number of carbonyl (C=O) groups excluding carboxylic acids is 1. The maximum atomic E-state index is 10.7. The minimum absolute atomic E-state index is 0.699. The number of hydrogen-bond acceptors (Lipinski definition) is 5. The standard InChI is InChI=1S/C11H11N3OS/c15-5-8-3-9-10(16-8)11(14-6-13-9)12-4-7-1-2-7/h3,5-7H,1-2,4H2,(H,12,13,14). The summed E-state index contributed by atoms with van der Waals surface area (Å²) in [7, 11) is 0. The number of aromatic nitrogens is 2. The zero-order valence-electron chi connectivity index (χ0n) is 8.64. The lowest BCUT2D eigenvalue weighted by Gasteiger charge is -2.03. The lowest BCUT2D eigenvalue weighted by atomic mass is 10.4. The lowest BCUT2D eigenvalue weighted by Crippen LogP contribution is -2.04. The molecule has 5 heteroatoms. The number of hydrogen-bond donors (Lipinski definition) is 1. The molecule has 1 aliphatic rings. The van der Waals surface area contributed by atoms with Gasteiger partial charge in [-0.2, -0.15) is 0 Å². The normalized spacial score (nSPS) is 15.2. The number of nitrogens with one attached hydrogen (secondary N) is 1. The van der Waals surface area contributed by atoms with E-state index in [4.69, 9.17) is 0 Å². The molecule has 0 saturated heterocycles. The zero-order chi connectivity index (χ0) is 11.0. The van der Waals surface area contributed by atoms with Gasteiger partial charge in [0.15, 0.2) is 6.29 Å². The van der Waals surface area contributed by atoms with Crippen LogP contribution >= 0.6 is 11.3 Å². The first-order valence-corrected chi connectivity index (χ1v) is 6.12. The maximum Gasteiger partial charge on any atom is 0.160 e. The van der Waals surface area contributed by atoms with E-state index < -0.39 is 0 Å². The summed E-state index contributed by atoms with van der Waals surface area (Å²) in [5.74, 6) is 1.66. The summed E-state index contributed by atoms with van der Waals surface area (Å²) in [5.41, 5.74) is 0.848. The molecule has 1 saturated carbocycles. The second-order valence-corrected chi connectivity index (χ2v) is 5.11. The fourth-order valence-corrected chi connectivity index (χ4v) is 2.51. The molecular formula is C11H11N3OS. The largest absolute Gasteiger partial charge is 0.369 e. The molecule has 1 N–H and O–H groups in total. The van der Waals surface area contributed by atoms with Crippen molar-refractivity contribution in [1.82, 2.24) is 9.97 Å². The van der Waals surface area contributed by atoms with Gasteiger partial charge in [-0.05, 0) is 24.8 Å². The zero-order valence-corrected chi connectivity index (χ0v) is 9.46. The van der Waals surface area contributed by atoms with Gasteiger partial charge in [0.25, 0.3) is 0 Å². The van der Waals surface area contributed by atoms with Gasteiger partial charge in [-0.3, -0.25) is 4.79 Å². The summed E-state index contributed by atoms with van der Waals surface area (Å²) < 4.78 is 0.977. The van der Waals surface area contributed by atoms with Crippen LogP contribution in [0.15, 0.2) is 12.4 Å². The monoisotopic (exact) mass is 233 g/mol. The Morgan fingerprint density at radius 3 is 3.12 bits per heavy atom. The van der Waals surface area contributed by atoms with Crippen LogP contribution in [-0.4, -0.2) is 22.8 Å². The van der Waals surface area contributed by atoms with Crippen LogP contribution in [0, 0.1) is 5.92 Å². The fraction of sp³-hybridized carbons (Fsp3) is 0.364. The van der Waals surface area contributed by atoms with Gasteiger partial charge < -0.3 is 5.32 Å². The molecule has 16 heavy (non-hydrogen) atoms. The number of anilines is 1. The molecule has 0 amide bonds. The highest BCUT2D eigenvalue weighted by molar-refractivity contribution is 7.21. The van der Waals surface area contributed by atoms with Crippen molar-refractivity contribution in [2.75, 3.05) is 11.9 Å². The average molecular weight is 233 g/mol. The first-order chi connectivity index (χ1) is 7.86. The van der Waals surface area contributed by atoms with Crippen molar-refractivity contribution in [1.29, 1.82) is 0 Å². The average Bonchev–Trinajstić information content (AvgIpc) is 3.03. The van der Waals surface area contributed by atoms with E-state index in [-0.39, 0.29) is 0 Å². The molecule has 2 heterocycles. The van der Waals surface area contributed by atoms with Crippen LogP contribution in [0.4, 0.5) is 5.82 Å². The Kier molecular flexibility index (Phi) is 2.32. The summed E-state index contributed by atoms with van der Waals surface area (Å²) in [6.45, 7) is 0.973. The molecule has 0 spiro atoms. The third-order valence-electron chi connectivity index (χ3n) is 2.70. The van der Waals surface area contributed by atoms with Crippen LogP contribution in [0.2, 0.25) is 0 Å². The molecule has 0 aliphatic heterocycles. The van der Waals surface area contributed by atoms with Crippen LogP contribution < -0.4 is 5.32 Å². The van der Waals surface area contributed by atoms with Gasteiger partial charge in [0.1, 0.15) is 12.1 Å². The van der Waals surface area contributed by atoms with Gasteiger partial charge in [0.2, 0.25) is 0 Å². The summed E-state index contributed by atoms with van der Waals surface area (Å²) in [6.07, 6.45) is 5.02. The minimum Gasteiger partial charge on any atom is -0.369 e. The molecule has 0 radical (unpaired) electrons. The third-order valence-corrected chi connectivity index (χ3v) is 3.76. The second-order valence-electron chi connectivity index (χ2n) is 4.03. The molecule has 2 aromatic heterocycles.